The Morgan fingerprint density at radius 3 is 2.64 bits per heavy atom. The number of benzene rings is 2. The molecule has 1 heterocycles. The molecular formula is C17H15BrN2OS. The minimum Gasteiger partial charge on any atom is -0.494 e. The first-order valence-corrected chi connectivity index (χ1v) is 8.02. The van der Waals surface area contributed by atoms with Crippen LogP contribution in [0.5, 0.6) is 5.75 Å². The predicted octanol–water partition coefficient (Wildman–Crippen LogP) is 5.35. The first-order valence-electron chi connectivity index (χ1n) is 6.78. The smallest absolute Gasteiger partial charge is 0.146 e. The number of pyridine rings is 1. The number of hydrogen-bond acceptors (Lipinski definition) is 4. The number of halogens is 1. The number of fused-ring (bicyclic) bond motifs is 1. The second kappa shape index (κ2) is 6.18. The zero-order chi connectivity index (χ0) is 15.7. The molecule has 0 saturated carbocycles. The molecule has 0 fully saturated rings. The number of hydrogen-bond donors (Lipinski definition) is 2. The number of anilines is 2. The summed E-state index contributed by atoms with van der Waals surface area (Å²) in [6, 6.07) is 13.9. The number of aryl methyl sites for hydroxylation is 1. The molecule has 1 aromatic heterocycles. The van der Waals surface area contributed by atoms with Crippen molar-refractivity contribution >= 4 is 50.8 Å². The van der Waals surface area contributed by atoms with Crippen molar-refractivity contribution in [1.29, 1.82) is 0 Å². The van der Waals surface area contributed by atoms with Crippen LogP contribution in [0.4, 0.5) is 11.4 Å². The fourth-order valence-corrected chi connectivity index (χ4v) is 3.03. The Hall–Kier alpha value is -1.72. The predicted molar refractivity (Wildman–Crippen MR) is 97.7 cm³/mol. The number of ether oxygens (including phenoxy) is 1. The number of thiol groups is 1. The van der Waals surface area contributed by atoms with Gasteiger partial charge in [-0.3, -0.25) is 0 Å². The monoisotopic (exact) mass is 374 g/mol. The summed E-state index contributed by atoms with van der Waals surface area (Å²) >= 11 is 8.02. The van der Waals surface area contributed by atoms with E-state index in [1.807, 2.05) is 49.4 Å². The van der Waals surface area contributed by atoms with E-state index >= 15 is 0 Å². The van der Waals surface area contributed by atoms with Crippen LogP contribution in [0.1, 0.15) is 5.69 Å². The zero-order valence-corrected chi connectivity index (χ0v) is 14.7. The fourth-order valence-electron chi connectivity index (χ4n) is 2.37. The van der Waals surface area contributed by atoms with Crippen molar-refractivity contribution < 1.29 is 4.74 Å². The zero-order valence-electron chi connectivity index (χ0n) is 12.2. The third-order valence-corrected chi connectivity index (χ3v) is 4.21. The van der Waals surface area contributed by atoms with E-state index in [4.69, 9.17) is 4.74 Å². The van der Waals surface area contributed by atoms with Gasteiger partial charge in [-0.2, -0.15) is 0 Å². The molecule has 1 N–H and O–H groups in total. The van der Waals surface area contributed by atoms with E-state index in [1.54, 1.807) is 7.11 Å². The summed E-state index contributed by atoms with van der Waals surface area (Å²) in [6.07, 6.45) is 0. The molecule has 0 aliphatic rings. The molecule has 3 aromatic rings. The van der Waals surface area contributed by atoms with E-state index in [0.717, 1.165) is 43.1 Å². The third-order valence-electron chi connectivity index (χ3n) is 3.36. The molecular weight excluding hydrogens is 360 g/mol. The van der Waals surface area contributed by atoms with Crippen LogP contribution in [0.3, 0.4) is 0 Å². The first-order chi connectivity index (χ1) is 10.6. The van der Waals surface area contributed by atoms with Crippen LogP contribution < -0.4 is 10.1 Å². The van der Waals surface area contributed by atoms with Crippen LogP contribution >= 0.6 is 28.6 Å². The molecule has 0 unspecified atom stereocenters. The van der Waals surface area contributed by atoms with E-state index in [-0.39, 0.29) is 0 Å². The van der Waals surface area contributed by atoms with Crippen LogP contribution in [0, 0.1) is 6.92 Å². The van der Waals surface area contributed by atoms with Crippen LogP contribution in [0.2, 0.25) is 0 Å². The van der Waals surface area contributed by atoms with Crippen LogP contribution in [-0.4, -0.2) is 12.1 Å². The summed E-state index contributed by atoms with van der Waals surface area (Å²) in [5.41, 5.74) is 3.69. The minimum atomic E-state index is 0.746. The van der Waals surface area contributed by atoms with Crippen LogP contribution in [-0.2, 0) is 0 Å². The molecule has 0 spiro atoms. The van der Waals surface area contributed by atoms with Gasteiger partial charge in [-0.1, -0.05) is 28.1 Å². The van der Waals surface area contributed by atoms with Gasteiger partial charge in [0.25, 0.3) is 0 Å². The molecule has 3 rings (SSSR count). The summed E-state index contributed by atoms with van der Waals surface area (Å²) in [4.78, 5) is 5.50. The summed E-state index contributed by atoms with van der Waals surface area (Å²) in [7, 11) is 1.65. The molecule has 0 radical (unpaired) electrons. The number of methoxy groups -OCH3 is 1. The Kier molecular flexibility index (Phi) is 4.27. The van der Waals surface area contributed by atoms with Gasteiger partial charge < -0.3 is 10.1 Å². The van der Waals surface area contributed by atoms with Gasteiger partial charge in [-0.15, -0.1) is 12.6 Å². The lowest BCUT2D eigenvalue weighted by molar-refractivity contribution is 0.418. The van der Waals surface area contributed by atoms with Crippen molar-refractivity contribution in [3.8, 4) is 5.75 Å². The fraction of sp³-hybridized carbons (Fsp3) is 0.118. The summed E-state index contributed by atoms with van der Waals surface area (Å²) in [5, 5.41) is 4.44. The van der Waals surface area contributed by atoms with Crippen molar-refractivity contribution in [2.45, 2.75) is 11.8 Å². The molecule has 0 saturated heterocycles. The molecule has 5 heteroatoms. The van der Waals surface area contributed by atoms with Crippen molar-refractivity contribution in [1.82, 2.24) is 4.98 Å². The Balaban J connectivity index is 2.21. The largest absolute Gasteiger partial charge is 0.494 e. The first kappa shape index (κ1) is 15.2. The van der Waals surface area contributed by atoms with Crippen molar-refractivity contribution in [3.63, 3.8) is 0 Å². The second-order valence-corrected chi connectivity index (χ2v) is 6.36. The standard InChI is InChI=1S/C17H15BrN2OS/c1-10-7-14(20-13-5-3-4-6-16(13)22)12-8-11(18)9-15(21-2)17(12)19-10/h3-9,22H,1-2H3,(H,19,20). The average molecular weight is 375 g/mol. The van der Waals surface area contributed by atoms with Gasteiger partial charge >= 0.3 is 0 Å². The highest BCUT2D eigenvalue weighted by atomic mass is 79.9. The van der Waals surface area contributed by atoms with E-state index in [9.17, 15) is 0 Å². The van der Waals surface area contributed by atoms with Gasteiger partial charge in [0.1, 0.15) is 11.3 Å². The maximum Gasteiger partial charge on any atom is 0.146 e. The Morgan fingerprint density at radius 1 is 1.14 bits per heavy atom. The van der Waals surface area contributed by atoms with Crippen molar-refractivity contribution in [3.05, 3.63) is 52.6 Å². The quantitative estimate of drug-likeness (QED) is 0.606. The minimum absolute atomic E-state index is 0.746. The van der Waals surface area contributed by atoms with Gasteiger partial charge in [0.2, 0.25) is 0 Å². The topological polar surface area (TPSA) is 34.1 Å². The SMILES string of the molecule is COc1cc(Br)cc2c(Nc3ccccc3S)cc(C)nc12. The molecule has 0 aliphatic heterocycles. The molecule has 112 valence electrons. The second-order valence-electron chi connectivity index (χ2n) is 4.96. The molecule has 0 aliphatic carbocycles. The average Bonchev–Trinajstić information content (AvgIpc) is 2.49. The lowest BCUT2D eigenvalue weighted by atomic mass is 10.1. The van der Waals surface area contributed by atoms with Gasteiger partial charge in [-0.25, -0.2) is 4.98 Å². The highest BCUT2D eigenvalue weighted by Gasteiger charge is 2.11. The van der Waals surface area contributed by atoms with Gasteiger partial charge in [-0.05, 0) is 37.3 Å². The molecule has 2 aromatic carbocycles. The Morgan fingerprint density at radius 2 is 1.91 bits per heavy atom. The Labute approximate surface area is 143 Å². The number of aromatic nitrogens is 1. The van der Waals surface area contributed by atoms with Gasteiger partial charge in [0, 0.05) is 26.1 Å². The summed E-state index contributed by atoms with van der Waals surface area (Å²) < 4.78 is 6.41. The Bertz CT molecular complexity index is 851. The van der Waals surface area contributed by atoms with Crippen molar-refractivity contribution in [2.75, 3.05) is 12.4 Å². The molecule has 0 bridgehead atoms. The summed E-state index contributed by atoms with van der Waals surface area (Å²) in [6.45, 7) is 1.97. The van der Waals surface area contributed by atoms with E-state index in [0.29, 0.717) is 0 Å². The normalized spacial score (nSPS) is 10.7. The van der Waals surface area contributed by atoms with E-state index < -0.39 is 0 Å². The third kappa shape index (κ3) is 2.91. The van der Waals surface area contributed by atoms with Crippen LogP contribution in [0.25, 0.3) is 10.9 Å². The number of rotatable bonds is 3. The van der Waals surface area contributed by atoms with Gasteiger partial charge in [0.05, 0.1) is 12.8 Å². The lowest BCUT2D eigenvalue weighted by Crippen LogP contribution is -1.97. The highest BCUT2D eigenvalue weighted by molar-refractivity contribution is 9.10. The molecule has 22 heavy (non-hydrogen) atoms. The van der Waals surface area contributed by atoms with Crippen molar-refractivity contribution in [2.24, 2.45) is 0 Å². The molecule has 3 nitrogen and oxygen atoms in total. The van der Waals surface area contributed by atoms with E-state index in [1.165, 1.54) is 0 Å². The molecule has 0 atom stereocenters. The number of para-hydroxylation sites is 1. The number of nitrogens with zero attached hydrogens (tertiary/aromatic N) is 1. The highest BCUT2D eigenvalue weighted by Crippen LogP contribution is 2.35. The number of nitrogens with one attached hydrogen (secondary N) is 1. The molecule has 0 amide bonds. The maximum atomic E-state index is 5.46. The van der Waals surface area contributed by atoms with Crippen LogP contribution in [0.15, 0.2) is 51.8 Å². The van der Waals surface area contributed by atoms with Gasteiger partial charge in [0.15, 0.2) is 0 Å². The van der Waals surface area contributed by atoms with E-state index in [2.05, 4.69) is 38.9 Å². The lowest BCUT2D eigenvalue weighted by Gasteiger charge is -2.14. The maximum absolute atomic E-state index is 5.46. The summed E-state index contributed by atoms with van der Waals surface area (Å²) in [5.74, 6) is 0.746.